The van der Waals surface area contributed by atoms with Gasteiger partial charge in [-0.2, -0.15) is 13.2 Å². The van der Waals surface area contributed by atoms with Gasteiger partial charge in [-0.15, -0.1) is 0 Å². The summed E-state index contributed by atoms with van der Waals surface area (Å²) in [5.41, 5.74) is -0.236. The van der Waals surface area contributed by atoms with Crippen LogP contribution in [0.15, 0.2) is 30.5 Å². The lowest BCUT2D eigenvalue weighted by Gasteiger charge is -2.07. The molecule has 0 atom stereocenters. The monoisotopic (exact) mass is 329 g/mol. The van der Waals surface area contributed by atoms with Gasteiger partial charge in [0.2, 0.25) is 0 Å². The fourth-order valence-corrected chi connectivity index (χ4v) is 2.38. The first-order chi connectivity index (χ1) is 10.4. The van der Waals surface area contributed by atoms with E-state index in [-0.39, 0.29) is 5.91 Å². The zero-order valence-electron chi connectivity index (χ0n) is 11.7. The van der Waals surface area contributed by atoms with Gasteiger partial charge < -0.3 is 10.6 Å². The van der Waals surface area contributed by atoms with Crippen LogP contribution in [0.4, 0.5) is 24.0 Å². The van der Waals surface area contributed by atoms with Crippen molar-refractivity contribution in [3.8, 4) is 0 Å². The average molecular weight is 329 g/mol. The number of anilines is 2. The third-order valence-electron chi connectivity index (χ3n) is 2.73. The maximum atomic E-state index is 12.5. The lowest BCUT2D eigenvalue weighted by Crippen LogP contribution is -2.22. The molecule has 118 valence electrons. The van der Waals surface area contributed by atoms with E-state index in [1.807, 2.05) is 6.92 Å². The Kier molecular flexibility index (Phi) is 5.02. The first-order valence-electron chi connectivity index (χ1n) is 6.58. The molecule has 1 aromatic carbocycles. The molecule has 0 aliphatic rings. The summed E-state index contributed by atoms with van der Waals surface area (Å²) in [6.07, 6.45) is -2.09. The first-order valence-corrected chi connectivity index (χ1v) is 7.40. The van der Waals surface area contributed by atoms with Gasteiger partial charge >= 0.3 is 6.18 Å². The number of carbonyl (C=O) groups excluding carboxylic acids is 1. The van der Waals surface area contributed by atoms with Crippen molar-refractivity contribution in [3.63, 3.8) is 0 Å². The summed E-state index contributed by atoms with van der Waals surface area (Å²) in [6, 6.07) is 4.62. The minimum atomic E-state index is -4.36. The molecule has 8 heteroatoms. The normalized spacial score (nSPS) is 11.3. The fourth-order valence-electron chi connectivity index (χ4n) is 1.63. The summed E-state index contributed by atoms with van der Waals surface area (Å²) in [7, 11) is 0. The number of benzene rings is 1. The van der Waals surface area contributed by atoms with E-state index in [9.17, 15) is 18.0 Å². The zero-order valence-corrected chi connectivity index (χ0v) is 12.5. The molecule has 0 spiro atoms. The Morgan fingerprint density at radius 1 is 1.27 bits per heavy atom. The minimum absolute atomic E-state index is 0.209. The quantitative estimate of drug-likeness (QED) is 0.870. The molecule has 0 aliphatic heterocycles. The third kappa shape index (κ3) is 4.20. The molecule has 2 N–H and O–H groups in total. The molecule has 2 aromatic rings. The van der Waals surface area contributed by atoms with E-state index in [2.05, 4.69) is 15.6 Å². The SMILES string of the molecule is CCCNC(=O)c1cnc(Nc2ccc(C(F)(F)F)cc2)s1. The number of nitrogens with zero attached hydrogens (tertiary/aromatic N) is 1. The number of carbonyl (C=O) groups is 1. The number of alkyl halides is 3. The van der Waals surface area contributed by atoms with Crippen molar-refractivity contribution in [2.45, 2.75) is 19.5 Å². The first kappa shape index (κ1) is 16.3. The minimum Gasteiger partial charge on any atom is -0.351 e. The van der Waals surface area contributed by atoms with Gasteiger partial charge in [-0.25, -0.2) is 4.98 Å². The second-order valence-corrected chi connectivity index (χ2v) is 5.52. The van der Waals surface area contributed by atoms with Crippen LogP contribution in [-0.4, -0.2) is 17.4 Å². The van der Waals surface area contributed by atoms with Gasteiger partial charge in [0.05, 0.1) is 11.8 Å². The van der Waals surface area contributed by atoms with Gasteiger partial charge in [0.25, 0.3) is 5.91 Å². The summed E-state index contributed by atoms with van der Waals surface area (Å²) >= 11 is 1.14. The summed E-state index contributed by atoms with van der Waals surface area (Å²) in [5, 5.41) is 6.05. The van der Waals surface area contributed by atoms with E-state index >= 15 is 0 Å². The topological polar surface area (TPSA) is 54.0 Å². The molecule has 0 saturated carbocycles. The number of halogens is 3. The van der Waals surface area contributed by atoms with Crippen LogP contribution in [-0.2, 0) is 6.18 Å². The van der Waals surface area contributed by atoms with Crippen molar-refractivity contribution in [1.29, 1.82) is 0 Å². The van der Waals surface area contributed by atoms with Crippen molar-refractivity contribution in [1.82, 2.24) is 10.3 Å². The summed E-state index contributed by atoms with van der Waals surface area (Å²) in [5.74, 6) is -0.209. The van der Waals surface area contributed by atoms with Crippen LogP contribution in [0.25, 0.3) is 0 Å². The number of rotatable bonds is 5. The zero-order chi connectivity index (χ0) is 16.2. The number of nitrogens with one attached hydrogen (secondary N) is 2. The molecule has 0 saturated heterocycles. The highest BCUT2D eigenvalue weighted by Gasteiger charge is 2.29. The lowest BCUT2D eigenvalue weighted by molar-refractivity contribution is -0.137. The molecule has 0 radical (unpaired) electrons. The number of aromatic nitrogens is 1. The van der Waals surface area contributed by atoms with E-state index in [1.54, 1.807) is 0 Å². The Labute approximate surface area is 129 Å². The Morgan fingerprint density at radius 3 is 2.55 bits per heavy atom. The molecule has 0 unspecified atom stereocenters. The molecule has 0 aliphatic carbocycles. The van der Waals surface area contributed by atoms with Crippen LogP contribution in [0, 0.1) is 0 Å². The van der Waals surface area contributed by atoms with E-state index < -0.39 is 11.7 Å². The van der Waals surface area contributed by atoms with Gasteiger partial charge in [-0.1, -0.05) is 18.3 Å². The van der Waals surface area contributed by atoms with E-state index in [1.165, 1.54) is 18.3 Å². The Hall–Kier alpha value is -2.09. The molecule has 1 heterocycles. The Bertz CT molecular complexity index is 638. The molecular formula is C14H14F3N3OS. The number of hydrogen-bond acceptors (Lipinski definition) is 4. The Balaban J connectivity index is 2.02. The molecular weight excluding hydrogens is 315 g/mol. The van der Waals surface area contributed by atoms with Crippen LogP contribution in [0.3, 0.4) is 0 Å². The van der Waals surface area contributed by atoms with Crippen LogP contribution >= 0.6 is 11.3 Å². The second kappa shape index (κ2) is 6.78. The molecule has 0 fully saturated rings. The van der Waals surface area contributed by atoms with E-state index in [0.29, 0.717) is 22.2 Å². The maximum Gasteiger partial charge on any atom is 0.416 e. The van der Waals surface area contributed by atoms with Crippen molar-refractivity contribution >= 4 is 28.1 Å². The van der Waals surface area contributed by atoms with Gasteiger partial charge in [0, 0.05) is 12.2 Å². The summed E-state index contributed by atoms with van der Waals surface area (Å²) in [6.45, 7) is 2.53. The van der Waals surface area contributed by atoms with E-state index in [4.69, 9.17) is 0 Å². The van der Waals surface area contributed by atoms with Crippen LogP contribution in [0.2, 0.25) is 0 Å². The van der Waals surface area contributed by atoms with Gasteiger partial charge in [-0.05, 0) is 30.7 Å². The molecule has 22 heavy (non-hydrogen) atoms. The Morgan fingerprint density at radius 2 is 1.95 bits per heavy atom. The van der Waals surface area contributed by atoms with Gasteiger partial charge in [0.15, 0.2) is 5.13 Å². The van der Waals surface area contributed by atoms with Crippen LogP contribution in [0.5, 0.6) is 0 Å². The maximum absolute atomic E-state index is 12.5. The largest absolute Gasteiger partial charge is 0.416 e. The van der Waals surface area contributed by atoms with Crippen molar-refractivity contribution < 1.29 is 18.0 Å². The average Bonchev–Trinajstić information content (AvgIpc) is 2.93. The van der Waals surface area contributed by atoms with Crippen molar-refractivity contribution in [2.75, 3.05) is 11.9 Å². The molecule has 1 amide bonds. The van der Waals surface area contributed by atoms with Crippen LogP contribution in [0.1, 0.15) is 28.6 Å². The second-order valence-electron chi connectivity index (χ2n) is 4.49. The lowest BCUT2D eigenvalue weighted by atomic mass is 10.2. The molecule has 0 bridgehead atoms. The molecule has 2 rings (SSSR count). The van der Waals surface area contributed by atoms with Crippen LogP contribution < -0.4 is 10.6 Å². The predicted octanol–water partition coefficient (Wildman–Crippen LogP) is 4.05. The standard InChI is InChI=1S/C14H14F3N3OS/c1-2-7-18-12(21)11-8-19-13(22-11)20-10-5-3-9(4-6-10)14(15,16)17/h3-6,8H,2,7H2,1H3,(H,18,21)(H,19,20). The number of hydrogen-bond donors (Lipinski definition) is 2. The summed E-state index contributed by atoms with van der Waals surface area (Å²) < 4.78 is 37.4. The molecule has 4 nitrogen and oxygen atoms in total. The highest BCUT2D eigenvalue weighted by atomic mass is 32.1. The van der Waals surface area contributed by atoms with Crippen molar-refractivity contribution in [2.24, 2.45) is 0 Å². The highest BCUT2D eigenvalue weighted by molar-refractivity contribution is 7.17. The predicted molar refractivity (Wildman–Crippen MR) is 79.5 cm³/mol. The fraction of sp³-hybridized carbons (Fsp3) is 0.286. The van der Waals surface area contributed by atoms with E-state index in [0.717, 1.165) is 29.9 Å². The highest BCUT2D eigenvalue weighted by Crippen LogP contribution is 2.30. The van der Waals surface area contributed by atoms with Crippen molar-refractivity contribution in [3.05, 3.63) is 40.9 Å². The number of thiazole rings is 1. The third-order valence-corrected chi connectivity index (χ3v) is 3.64. The van der Waals surface area contributed by atoms with Gasteiger partial charge in [0.1, 0.15) is 4.88 Å². The van der Waals surface area contributed by atoms with Gasteiger partial charge in [-0.3, -0.25) is 4.79 Å². The smallest absolute Gasteiger partial charge is 0.351 e. The summed E-state index contributed by atoms with van der Waals surface area (Å²) in [4.78, 5) is 16.2. The molecule has 1 aromatic heterocycles. The number of amides is 1.